The van der Waals surface area contributed by atoms with E-state index in [1.165, 1.54) is 25.1 Å². The minimum atomic E-state index is -4.63. The zero-order valence-electron chi connectivity index (χ0n) is 20.2. The minimum Gasteiger partial charge on any atom is -0.372 e. The molecule has 36 heavy (non-hydrogen) atoms. The standard InChI is InChI=1S/C23H28F4N4O4S/c1-13-11-31(12-14(2)35-13)21-17(6-8-20(29-21)23(25,26)27)10-28-22(32)15(3)16-5-7-19(18(24)9-16)30-36(4,33)34/h5-9,13-15,30H,10-12H2,1-4H3,(H,28,32). The number of halogens is 4. The number of nitrogens with one attached hydrogen (secondary N) is 2. The minimum absolute atomic E-state index is 0.0973. The fourth-order valence-corrected chi connectivity index (χ4v) is 4.53. The Labute approximate surface area is 207 Å². The van der Waals surface area contributed by atoms with Crippen LogP contribution in [-0.4, -0.2) is 50.9 Å². The summed E-state index contributed by atoms with van der Waals surface area (Å²) >= 11 is 0. The Morgan fingerprint density at radius 1 is 1.19 bits per heavy atom. The van der Waals surface area contributed by atoms with Gasteiger partial charge in [-0.1, -0.05) is 12.1 Å². The molecule has 1 aromatic carbocycles. The summed E-state index contributed by atoms with van der Waals surface area (Å²) in [6.07, 6.45) is -4.18. The van der Waals surface area contributed by atoms with E-state index in [0.29, 0.717) is 24.2 Å². The van der Waals surface area contributed by atoms with Crippen molar-refractivity contribution in [3.63, 3.8) is 0 Å². The lowest BCUT2D eigenvalue weighted by atomic mass is 9.99. The smallest absolute Gasteiger partial charge is 0.372 e. The van der Waals surface area contributed by atoms with Gasteiger partial charge in [0.05, 0.1) is 30.1 Å². The third-order valence-electron chi connectivity index (χ3n) is 5.60. The fourth-order valence-electron chi connectivity index (χ4n) is 3.97. The molecule has 3 unspecified atom stereocenters. The van der Waals surface area contributed by atoms with Crippen LogP contribution in [0, 0.1) is 5.82 Å². The summed E-state index contributed by atoms with van der Waals surface area (Å²) in [7, 11) is -3.68. The van der Waals surface area contributed by atoms with Crippen molar-refractivity contribution in [2.24, 2.45) is 0 Å². The summed E-state index contributed by atoms with van der Waals surface area (Å²) in [4.78, 5) is 18.3. The molecule has 2 aromatic rings. The number of benzene rings is 1. The third-order valence-corrected chi connectivity index (χ3v) is 6.19. The number of sulfonamides is 1. The maximum atomic E-state index is 14.3. The molecule has 1 aliphatic heterocycles. The molecule has 3 rings (SSSR count). The summed E-state index contributed by atoms with van der Waals surface area (Å²) in [5.41, 5.74) is -0.594. The summed E-state index contributed by atoms with van der Waals surface area (Å²) in [5, 5.41) is 2.68. The average Bonchev–Trinajstić information content (AvgIpc) is 2.76. The van der Waals surface area contributed by atoms with Crippen LogP contribution in [0.5, 0.6) is 0 Å². The number of rotatable bonds is 7. The first kappa shape index (κ1) is 27.7. The van der Waals surface area contributed by atoms with E-state index in [1.807, 2.05) is 18.6 Å². The molecule has 1 amide bonds. The summed E-state index contributed by atoms with van der Waals surface area (Å²) in [6, 6.07) is 5.84. The molecule has 13 heteroatoms. The Balaban J connectivity index is 1.79. The first-order valence-corrected chi connectivity index (χ1v) is 13.1. The van der Waals surface area contributed by atoms with E-state index in [-0.39, 0.29) is 30.3 Å². The highest BCUT2D eigenvalue weighted by Gasteiger charge is 2.34. The lowest BCUT2D eigenvalue weighted by Gasteiger charge is -2.37. The fraction of sp³-hybridized carbons (Fsp3) is 0.478. The number of amides is 1. The second-order valence-electron chi connectivity index (χ2n) is 8.89. The van der Waals surface area contributed by atoms with Crippen LogP contribution in [0.15, 0.2) is 30.3 Å². The Morgan fingerprint density at radius 2 is 1.83 bits per heavy atom. The lowest BCUT2D eigenvalue weighted by Crippen LogP contribution is -2.46. The number of morpholine rings is 1. The molecule has 1 aromatic heterocycles. The first-order chi connectivity index (χ1) is 16.6. The molecule has 0 saturated carbocycles. The van der Waals surface area contributed by atoms with E-state index in [4.69, 9.17) is 4.74 Å². The summed E-state index contributed by atoms with van der Waals surface area (Å²) in [6.45, 7) is 5.74. The van der Waals surface area contributed by atoms with Crippen molar-refractivity contribution in [1.82, 2.24) is 10.3 Å². The van der Waals surface area contributed by atoms with Gasteiger partial charge in [-0.3, -0.25) is 9.52 Å². The van der Waals surface area contributed by atoms with Crippen LogP contribution in [0.4, 0.5) is 29.1 Å². The van der Waals surface area contributed by atoms with Crippen LogP contribution in [0.2, 0.25) is 0 Å². The second-order valence-corrected chi connectivity index (χ2v) is 10.6. The third kappa shape index (κ3) is 7.06. The van der Waals surface area contributed by atoms with Crippen LogP contribution in [-0.2, 0) is 32.3 Å². The highest BCUT2D eigenvalue weighted by Crippen LogP contribution is 2.32. The predicted octanol–water partition coefficient (Wildman–Crippen LogP) is 3.64. The average molecular weight is 533 g/mol. The van der Waals surface area contributed by atoms with Gasteiger partial charge >= 0.3 is 6.18 Å². The number of carbonyl (C=O) groups is 1. The normalized spacial score (nSPS) is 19.6. The molecule has 0 radical (unpaired) electrons. The van der Waals surface area contributed by atoms with Crippen molar-refractivity contribution < 1.29 is 35.5 Å². The maximum Gasteiger partial charge on any atom is 0.433 e. The molecule has 2 heterocycles. The van der Waals surface area contributed by atoms with Gasteiger partial charge in [-0.25, -0.2) is 17.8 Å². The monoisotopic (exact) mass is 532 g/mol. The topological polar surface area (TPSA) is 101 Å². The van der Waals surface area contributed by atoms with Gasteiger partial charge in [0.25, 0.3) is 0 Å². The molecular formula is C23H28F4N4O4S. The highest BCUT2D eigenvalue weighted by atomic mass is 32.2. The SMILES string of the molecule is CC1CN(c2nc(C(F)(F)F)ccc2CNC(=O)C(C)c2ccc(NS(C)(=O)=O)c(F)c2)CC(C)O1. The van der Waals surface area contributed by atoms with Crippen LogP contribution in [0.25, 0.3) is 0 Å². The molecule has 1 aliphatic rings. The largest absolute Gasteiger partial charge is 0.433 e. The van der Waals surface area contributed by atoms with Gasteiger partial charge in [0.1, 0.15) is 17.3 Å². The van der Waals surface area contributed by atoms with Gasteiger partial charge in [0.2, 0.25) is 15.9 Å². The number of anilines is 2. The van der Waals surface area contributed by atoms with Gasteiger partial charge in [-0.05, 0) is 44.5 Å². The number of hydrogen-bond donors (Lipinski definition) is 2. The Morgan fingerprint density at radius 3 is 2.39 bits per heavy atom. The quantitative estimate of drug-likeness (QED) is 0.528. The van der Waals surface area contributed by atoms with Crippen LogP contribution < -0.4 is 14.9 Å². The van der Waals surface area contributed by atoms with E-state index >= 15 is 0 Å². The number of pyridine rings is 1. The van der Waals surface area contributed by atoms with Crippen molar-refractivity contribution in [2.45, 2.75) is 51.6 Å². The molecule has 1 fully saturated rings. The molecule has 0 bridgehead atoms. The first-order valence-electron chi connectivity index (χ1n) is 11.2. The predicted molar refractivity (Wildman–Crippen MR) is 127 cm³/mol. The zero-order valence-corrected chi connectivity index (χ0v) is 21.0. The number of hydrogen-bond acceptors (Lipinski definition) is 6. The van der Waals surface area contributed by atoms with E-state index in [9.17, 15) is 30.8 Å². The van der Waals surface area contributed by atoms with Crippen molar-refractivity contribution in [2.75, 3.05) is 29.0 Å². The number of alkyl halides is 3. The highest BCUT2D eigenvalue weighted by molar-refractivity contribution is 7.92. The summed E-state index contributed by atoms with van der Waals surface area (Å²) in [5.74, 6) is -2.04. The van der Waals surface area contributed by atoms with E-state index in [0.717, 1.165) is 18.4 Å². The van der Waals surface area contributed by atoms with Gasteiger partial charge in [0.15, 0.2) is 0 Å². The molecule has 8 nitrogen and oxygen atoms in total. The Kier molecular flexibility index (Phi) is 8.13. The van der Waals surface area contributed by atoms with Gasteiger partial charge in [-0.15, -0.1) is 0 Å². The molecule has 0 spiro atoms. The Hall–Kier alpha value is -2.93. The van der Waals surface area contributed by atoms with Crippen molar-refractivity contribution >= 4 is 27.4 Å². The van der Waals surface area contributed by atoms with Gasteiger partial charge in [-0.2, -0.15) is 13.2 Å². The molecule has 3 atom stereocenters. The summed E-state index contributed by atoms with van der Waals surface area (Å²) < 4.78 is 84.7. The number of ether oxygens (including phenoxy) is 1. The number of nitrogens with zero attached hydrogens (tertiary/aromatic N) is 2. The van der Waals surface area contributed by atoms with Crippen LogP contribution >= 0.6 is 0 Å². The molecule has 0 aliphatic carbocycles. The van der Waals surface area contributed by atoms with E-state index in [1.54, 1.807) is 4.90 Å². The molecular weight excluding hydrogens is 504 g/mol. The molecule has 2 N–H and O–H groups in total. The van der Waals surface area contributed by atoms with Gasteiger partial charge in [0, 0.05) is 25.2 Å². The maximum absolute atomic E-state index is 14.3. The number of aromatic nitrogens is 1. The van der Waals surface area contributed by atoms with Crippen LogP contribution in [0.1, 0.15) is 43.5 Å². The number of carbonyl (C=O) groups excluding carboxylic acids is 1. The molecule has 1 saturated heterocycles. The lowest BCUT2D eigenvalue weighted by molar-refractivity contribution is -0.141. The zero-order chi connectivity index (χ0) is 26.8. The second kappa shape index (κ2) is 10.6. The van der Waals surface area contributed by atoms with E-state index in [2.05, 4.69) is 10.3 Å². The van der Waals surface area contributed by atoms with E-state index < -0.39 is 39.5 Å². The van der Waals surface area contributed by atoms with Crippen molar-refractivity contribution in [1.29, 1.82) is 0 Å². The van der Waals surface area contributed by atoms with Crippen molar-refractivity contribution in [3.8, 4) is 0 Å². The van der Waals surface area contributed by atoms with Gasteiger partial charge < -0.3 is 15.0 Å². The van der Waals surface area contributed by atoms with Crippen molar-refractivity contribution in [3.05, 3.63) is 53.0 Å². The molecule has 198 valence electrons. The Bertz CT molecular complexity index is 1210. The van der Waals surface area contributed by atoms with Crippen LogP contribution in [0.3, 0.4) is 0 Å².